The molecule has 5 nitrogen and oxygen atoms in total. The molecule has 6 heteroatoms. The van der Waals surface area contributed by atoms with Gasteiger partial charge in [0.1, 0.15) is 0 Å². The molecule has 0 aromatic carbocycles. The molecule has 0 bridgehead atoms. The van der Waals surface area contributed by atoms with Crippen LogP contribution >= 0.6 is 0 Å². The van der Waals surface area contributed by atoms with Gasteiger partial charge in [-0.15, -0.1) is 0 Å². The zero-order chi connectivity index (χ0) is 7.19. The summed E-state index contributed by atoms with van der Waals surface area (Å²) in [5.74, 6) is 0. The van der Waals surface area contributed by atoms with E-state index in [0.29, 0.717) is 12.1 Å². The van der Waals surface area contributed by atoms with E-state index in [1.807, 2.05) is 0 Å². The zero-order valence-electron chi connectivity index (χ0n) is 4.86. The third kappa shape index (κ3) is 0.598. The van der Waals surface area contributed by atoms with Crippen LogP contribution in [0, 0.1) is 0 Å². The summed E-state index contributed by atoms with van der Waals surface area (Å²) in [5.41, 5.74) is 0.597. The summed E-state index contributed by atoms with van der Waals surface area (Å²) in [4.78, 5) is 0. The molecule has 0 aliphatic carbocycles. The van der Waals surface area contributed by atoms with E-state index in [2.05, 4.69) is 14.4 Å². The number of hydrogen-bond donors (Lipinski definition) is 1. The predicted octanol–water partition coefficient (Wildman–Crippen LogP) is -0.534. The van der Waals surface area contributed by atoms with E-state index in [4.69, 9.17) is 0 Å². The molecule has 2 heterocycles. The highest BCUT2D eigenvalue weighted by atomic mass is 32.2. The Morgan fingerprint density at radius 2 is 2.50 bits per heavy atom. The molecule has 0 saturated carbocycles. The van der Waals surface area contributed by atoms with Crippen LogP contribution in [0.25, 0.3) is 0 Å². The van der Waals surface area contributed by atoms with Gasteiger partial charge in [0.25, 0.3) is 15.1 Å². The number of nitrogens with zero attached hydrogens (tertiary/aromatic N) is 1. The summed E-state index contributed by atoms with van der Waals surface area (Å²) < 4.78 is 28.5. The highest BCUT2D eigenvalue weighted by Gasteiger charge is 2.30. The Labute approximate surface area is 57.1 Å². The van der Waals surface area contributed by atoms with E-state index in [1.165, 1.54) is 6.20 Å². The Morgan fingerprint density at radius 3 is 3.20 bits per heavy atom. The number of fused-ring (bicyclic) bond motifs is 1. The minimum absolute atomic E-state index is 0.0486. The predicted molar refractivity (Wildman–Crippen MR) is 30.5 cm³/mol. The third-order valence-electron chi connectivity index (χ3n) is 1.30. The van der Waals surface area contributed by atoms with Crippen molar-refractivity contribution in [1.29, 1.82) is 0 Å². The second kappa shape index (κ2) is 1.58. The SMILES string of the molecule is O=S1(=O)NCc2cnoc21. The molecule has 54 valence electrons. The van der Waals surface area contributed by atoms with E-state index >= 15 is 0 Å². The highest BCUT2D eigenvalue weighted by molar-refractivity contribution is 7.89. The van der Waals surface area contributed by atoms with Crippen molar-refractivity contribution in [3.8, 4) is 0 Å². The zero-order valence-corrected chi connectivity index (χ0v) is 5.68. The Kier molecular flexibility index (Phi) is 0.930. The third-order valence-corrected chi connectivity index (χ3v) is 2.65. The number of hydrogen-bond acceptors (Lipinski definition) is 4. The molecule has 1 aliphatic heterocycles. The lowest BCUT2D eigenvalue weighted by molar-refractivity contribution is 0.339. The molecule has 1 aromatic rings. The lowest BCUT2D eigenvalue weighted by Gasteiger charge is -1.87. The number of sulfonamides is 1. The quantitative estimate of drug-likeness (QED) is 0.553. The Balaban J connectivity index is 2.76. The molecule has 1 N–H and O–H groups in total. The van der Waals surface area contributed by atoms with Gasteiger partial charge >= 0.3 is 0 Å². The first-order valence-corrected chi connectivity index (χ1v) is 4.12. The van der Waals surface area contributed by atoms with Crippen molar-refractivity contribution < 1.29 is 12.9 Å². The van der Waals surface area contributed by atoms with Crippen LogP contribution in [0.3, 0.4) is 0 Å². The van der Waals surface area contributed by atoms with Crippen molar-refractivity contribution in [1.82, 2.24) is 9.88 Å². The molecule has 1 aromatic heterocycles. The van der Waals surface area contributed by atoms with Crippen molar-refractivity contribution in [2.75, 3.05) is 0 Å². The fourth-order valence-electron chi connectivity index (χ4n) is 0.827. The number of rotatable bonds is 0. The average Bonchev–Trinajstić information content (AvgIpc) is 2.36. The van der Waals surface area contributed by atoms with Gasteiger partial charge in [0.15, 0.2) is 0 Å². The van der Waals surface area contributed by atoms with Crippen LogP contribution in [-0.4, -0.2) is 13.6 Å². The largest absolute Gasteiger partial charge is 0.343 e. The van der Waals surface area contributed by atoms with Gasteiger partial charge < -0.3 is 4.52 Å². The van der Waals surface area contributed by atoms with Crippen LogP contribution in [0.15, 0.2) is 15.8 Å². The molecule has 0 radical (unpaired) electrons. The second-order valence-corrected chi connectivity index (χ2v) is 3.63. The normalized spacial score (nSPS) is 20.8. The molecule has 0 unspecified atom stereocenters. The lowest BCUT2D eigenvalue weighted by atomic mass is 10.4. The lowest BCUT2D eigenvalue weighted by Crippen LogP contribution is -2.14. The van der Waals surface area contributed by atoms with Gasteiger partial charge in [-0.1, -0.05) is 5.16 Å². The standard InChI is InChI=1S/C4H4N2O3S/c7-10(8)4-3(2-6-10)1-5-9-4/h1,6H,2H2. The minimum atomic E-state index is -3.34. The van der Waals surface area contributed by atoms with Gasteiger partial charge in [0, 0.05) is 12.1 Å². The van der Waals surface area contributed by atoms with Crippen molar-refractivity contribution >= 4 is 10.0 Å². The molecule has 10 heavy (non-hydrogen) atoms. The summed E-state index contributed by atoms with van der Waals surface area (Å²) in [6, 6.07) is 0. The fourth-order valence-corrected chi connectivity index (χ4v) is 1.91. The van der Waals surface area contributed by atoms with Crippen molar-refractivity contribution in [2.24, 2.45) is 0 Å². The van der Waals surface area contributed by atoms with Gasteiger partial charge in [0.2, 0.25) is 0 Å². The fraction of sp³-hybridized carbons (Fsp3) is 0.250. The molecule has 0 fully saturated rings. The summed E-state index contributed by atoms with van der Waals surface area (Å²) in [7, 11) is -3.34. The number of nitrogens with one attached hydrogen (secondary N) is 1. The highest BCUT2D eigenvalue weighted by Crippen LogP contribution is 2.20. The van der Waals surface area contributed by atoms with Gasteiger partial charge in [-0.2, -0.15) is 0 Å². The van der Waals surface area contributed by atoms with Gasteiger partial charge in [-0.05, 0) is 0 Å². The van der Waals surface area contributed by atoms with Crippen LogP contribution in [-0.2, 0) is 16.6 Å². The van der Waals surface area contributed by atoms with E-state index in [1.54, 1.807) is 0 Å². The average molecular weight is 160 g/mol. The molecular formula is C4H4N2O3S. The number of aromatic nitrogens is 1. The van der Waals surface area contributed by atoms with Crippen molar-refractivity contribution in [3.63, 3.8) is 0 Å². The minimum Gasteiger partial charge on any atom is -0.343 e. The smallest absolute Gasteiger partial charge is 0.277 e. The summed E-state index contributed by atoms with van der Waals surface area (Å²) in [6.07, 6.45) is 1.40. The van der Waals surface area contributed by atoms with E-state index < -0.39 is 10.0 Å². The van der Waals surface area contributed by atoms with Crippen molar-refractivity contribution in [3.05, 3.63) is 11.8 Å². The molecule has 1 aliphatic rings. The Morgan fingerprint density at radius 1 is 1.70 bits per heavy atom. The Bertz CT molecular complexity index is 352. The molecule has 2 rings (SSSR count). The second-order valence-electron chi connectivity index (χ2n) is 1.96. The first kappa shape index (κ1) is 5.87. The summed E-state index contributed by atoms with van der Waals surface area (Å²) in [6.45, 7) is 0.293. The monoisotopic (exact) mass is 160 g/mol. The summed E-state index contributed by atoms with van der Waals surface area (Å²) in [5, 5.41) is 3.30. The molecule has 0 amide bonds. The Hall–Kier alpha value is -0.880. The molecule has 0 atom stereocenters. The van der Waals surface area contributed by atoms with Crippen molar-refractivity contribution in [2.45, 2.75) is 11.6 Å². The maximum absolute atomic E-state index is 10.9. The van der Waals surface area contributed by atoms with Crippen LogP contribution in [0.1, 0.15) is 5.56 Å². The first-order valence-electron chi connectivity index (χ1n) is 2.63. The van der Waals surface area contributed by atoms with Gasteiger partial charge in [0.05, 0.1) is 6.20 Å². The van der Waals surface area contributed by atoms with Crippen LogP contribution in [0.5, 0.6) is 0 Å². The van der Waals surface area contributed by atoms with Crippen LogP contribution < -0.4 is 4.72 Å². The first-order chi connectivity index (χ1) is 4.70. The van der Waals surface area contributed by atoms with Crippen LogP contribution in [0.4, 0.5) is 0 Å². The van der Waals surface area contributed by atoms with Gasteiger partial charge in [-0.3, -0.25) is 0 Å². The maximum Gasteiger partial charge on any atom is 0.277 e. The van der Waals surface area contributed by atoms with E-state index in [9.17, 15) is 8.42 Å². The topological polar surface area (TPSA) is 72.2 Å². The maximum atomic E-state index is 10.9. The molecule has 0 saturated heterocycles. The molecule has 0 spiro atoms. The van der Waals surface area contributed by atoms with Gasteiger partial charge in [-0.25, -0.2) is 13.1 Å². The van der Waals surface area contributed by atoms with E-state index in [0.717, 1.165) is 0 Å². The molecular weight excluding hydrogens is 156 g/mol. The van der Waals surface area contributed by atoms with E-state index in [-0.39, 0.29) is 5.09 Å². The summed E-state index contributed by atoms with van der Waals surface area (Å²) >= 11 is 0. The van der Waals surface area contributed by atoms with Crippen LogP contribution in [0.2, 0.25) is 0 Å².